The molecule has 6 heteroatoms. The fraction of sp³-hybridized carbons (Fsp3) is 0.167. The van der Waals surface area contributed by atoms with Crippen molar-refractivity contribution in [1.29, 1.82) is 0 Å². The summed E-state index contributed by atoms with van der Waals surface area (Å²) >= 11 is 3.28. The molecular weight excluding hydrogens is 298 g/mol. The highest BCUT2D eigenvalue weighted by molar-refractivity contribution is 9.10. The number of carbonyl (C=O) groups excluding carboxylic acids is 1. The number of anilines is 1. The molecule has 94 valence electrons. The van der Waals surface area contributed by atoms with Crippen LogP contribution in [0.3, 0.4) is 0 Å². The molecule has 0 unspecified atom stereocenters. The van der Waals surface area contributed by atoms with E-state index in [1.807, 2.05) is 12.1 Å². The zero-order valence-corrected chi connectivity index (χ0v) is 11.3. The fourth-order valence-electron chi connectivity index (χ4n) is 1.51. The number of benzene rings is 1. The first-order chi connectivity index (χ1) is 8.69. The van der Waals surface area contributed by atoms with Crippen molar-refractivity contribution in [1.82, 2.24) is 9.78 Å². The van der Waals surface area contributed by atoms with Gasteiger partial charge in [0.25, 0.3) is 0 Å². The van der Waals surface area contributed by atoms with E-state index >= 15 is 0 Å². The van der Waals surface area contributed by atoms with Gasteiger partial charge in [-0.3, -0.25) is 9.48 Å². The lowest BCUT2D eigenvalue weighted by molar-refractivity contribution is -0.116. The number of nitrogens with zero attached hydrogens (tertiary/aromatic N) is 2. The summed E-state index contributed by atoms with van der Waals surface area (Å²) in [6, 6.07) is 7.26. The van der Waals surface area contributed by atoms with Gasteiger partial charge in [-0.2, -0.15) is 5.10 Å². The summed E-state index contributed by atoms with van der Waals surface area (Å²) < 4.78 is 7.55. The summed E-state index contributed by atoms with van der Waals surface area (Å²) in [4.78, 5) is 11.8. The average molecular weight is 310 g/mol. The highest BCUT2D eigenvalue weighted by Gasteiger charge is 2.07. The molecule has 18 heavy (non-hydrogen) atoms. The molecule has 5 nitrogen and oxygen atoms in total. The maximum atomic E-state index is 11.8. The molecular formula is C12H12BrN3O2. The Labute approximate surface area is 113 Å². The maximum absolute atomic E-state index is 11.8. The van der Waals surface area contributed by atoms with Gasteiger partial charge in [-0.05, 0) is 28.1 Å². The SMILES string of the molecule is COc1ccccc1NC(=O)Cn1cc(Br)cn1. The first-order valence-electron chi connectivity index (χ1n) is 5.30. The van der Waals surface area contributed by atoms with Gasteiger partial charge in [0.1, 0.15) is 12.3 Å². The van der Waals surface area contributed by atoms with Crippen LogP contribution in [0.4, 0.5) is 5.69 Å². The van der Waals surface area contributed by atoms with Crippen LogP contribution in [0.2, 0.25) is 0 Å². The van der Waals surface area contributed by atoms with Crippen LogP contribution in [-0.4, -0.2) is 22.8 Å². The molecule has 2 aromatic rings. The molecule has 1 aromatic heterocycles. The van der Waals surface area contributed by atoms with Gasteiger partial charge in [-0.25, -0.2) is 0 Å². The minimum Gasteiger partial charge on any atom is -0.495 e. The predicted octanol–water partition coefficient (Wildman–Crippen LogP) is 2.29. The van der Waals surface area contributed by atoms with Crippen LogP contribution in [0.5, 0.6) is 5.75 Å². The molecule has 1 amide bonds. The Morgan fingerprint density at radius 2 is 2.28 bits per heavy atom. The van der Waals surface area contributed by atoms with Crippen molar-refractivity contribution in [3.05, 3.63) is 41.1 Å². The van der Waals surface area contributed by atoms with Gasteiger partial charge in [-0.1, -0.05) is 12.1 Å². The van der Waals surface area contributed by atoms with Crippen molar-refractivity contribution in [2.75, 3.05) is 12.4 Å². The maximum Gasteiger partial charge on any atom is 0.246 e. The monoisotopic (exact) mass is 309 g/mol. The van der Waals surface area contributed by atoms with Gasteiger partial charge < -0.3 is 10.1 Å². The highest BCUT2D eigenvalue weighted by Crippen LogP contribution is 2.22. The number of carbonyl (C=O) groups is 1. The Hall–Kier alpha value is -1.82. The van der Waals surface area contributed by atoms with Crippen LogP contribution >= 0.6 is 15.9 Å². The van der Waals surface area contributed by atoms with E-state index in [0.29, 0.717) is 11.4 Å². The third kappa shape index (κ3) is 3.10. The number of nitrogens with one attached hydrogen (secondary N) is 1. The zero-order chi connectivity index (χ0) is 13.0. The normalized spacial score (nSPS) is 10.1. The summed E-state index contributed by atoms with van der Waals surface area (Å²) in [6.07, 6.45) is 3.37. The minimum atomic E-state index is -0.157. The standard InChI is InChI=1S/C12H12BrN3O2/c1-18-11-5-3-2-4-10(11)15-12(17)8-16-7-9(13)6-14-16/h2-7H,8H2,1H3,(H,15,17). The van der Waals surface area contributed by atoms with Crippen molar-refractivity contribution >= 4 is 27.5 Å². The lowest BCUT2D eigenvalue weighted by atomic mass is 10.3. The predicted molar refractivity (Wildman–Crippen MR) is 71.6 cm³/mol. The largest absolute Gasteiger partial charge is 0.495 e. The fourth-order valence-corrected chi connectivity index (χ4v) is 1.84. The van der Waals surface area contributed by atoms with Crippen molar-refractivity contribution < 1.29 is 9.53 Å². The summed E-state index contributed by atoms with van der Waals surface area (Å²) in [5, 5.41) is 6.80. The van der Waals surface area contributed by atoms with E-state index in [9.17, 15) is 4.79 Å². The number of hydrogen-bond donors (Lipinski definition) is 1. The minimum absolute atomic E-state index is 0.156. The number of ether oxygens (including phenoxy) is 1. The third-order valence-corrected chi connectivity index (χ3v) is 2.70. The summed E-state index contributed by atoms with van der Waals surface area (Å²) in [6.45, 7) is 0.156. The van der Waals surface area contributed by atoms with E-state index < -0.39 is 0 Å². The molecule has 1 aromatic carbocycles. The molecule has 0 spiro atoms. The van der Waals surface area contributed by atoms with Gasteiger partial charge >= 0.3 is 0 Å². The quantitative estimate of drug-likeness (QED) is 0.942. The van der Waals surface area contributed by atoms with E-state index in [-0.39, 0.29) is 12.5 Å². The van der Waals surface area contributed by atoms with Gasteiger partial charge in [-0.15, -0.1) is 0 Å². The van der Waals surface area contributed by atoms with Crippen LogP contribution in [0.25, 0.3) is 0 Å². The highest BCUT2D eigenvalue weighted by atomic mass is 79.9. The second-order valence-electron chi connectivity index (χ2n) is 3.60. The Morgan fingerprint density at radius 1 is 1.50 bits per heavy atom. The summed E-state index contributed by atoms with van der Waals surface area (Å²) in [5.74, 6) is 0.475. The molecule has 0 atom stereocenters. The second-order valence-corrected chi connectivity index (χ2v) is 4.52. The molecule has 1 N–H and O–H groups in total. The lowest BCUT2D eigenvalue weighted by Crippen LogP contribution is -2.19. The number of halogens is 1. The molecule has 0 fully saturated rings. The van der Waals surface area contributed by atoms with Crippen molar-refractivity contribution in [2.24, 2.45) is 0 Å². The van der Waals surface area contributed by atoms with Crippen molar-refractivity contribution in [2.45, 2.75) is 6.54 Å². The van der Waals surface area contributed by atoms with E-state index in [1.165, 1.54) is 0 Å². The third-order valence-electron chi connectivity index (χ3n) is 2.29. The van der Waals surface area contributed by atoms with E-state index in [0.717, 1.165) is 4.47 Å². The smallest absolute Gasteiger partial charge is 0.246 e. The van der Waals surface area contributed by atoms with Crippen molar-refractivity contribution in [3.63, 3.8) is 0 Å². The second kappa shape index (κ2) is 5.68. The molecule has 0 saturated heterocycles. The van der Waals surface area contributed by atoms with Crippen molar-refractivity contribution in [3.8, 4) is 5.75 Å². The number of methoxy groups -OCH3 is 1. The molecule has 0 radical (unpaired) electrons. The van der Waals surface area contributed by atoms with Crippen LogP contribution in [-0.2, 0) is 11.3 Å². The van der Waals surface area contributed by atoms with E-state index in [4.69, 9.17) is 4.74 Å². The molecule has 0 saturated carbocycles. The first kappa shape index (κ1) is 12.6. The van der Waals surface area contributed by atoms with Crippen LogP contribution in [0, 0.1) is 0 Å². The topological polar surface area (TPSA) is 56.1 Å². The number of amides is 1. The van der Waals surface area contributed by atoms with E-state index in [2.05, 4.69) is 26.3 Å². The van der Waals surface area contributed by atoms with Crippen LogP contribution in [0.1, 0.15) is 0 Å². The number of rotatable bonds is 4. The van der Waals surface area contributed by atoms with Gasteiger partial charge in [0, 0.05) is 6.20 Å². The first-order valence-corrected chi connectivity index (χ1v) is 6.09. The number of hydrogen-bond acceptors (Lipinski definition) is 3. The Kier molecular flexibility index (Phi) is 3.99. The molecule has 1 heterocycles. The van der Waals surface area contributed by atoms with Gasteiger partial charge in [0.2, 0.25) is 5.91 Å². The number of para-hydroxylation sites is 2. The Bertz CT molecular complexity index is 554. The Balaban J connectivity index is 2.03. The summed E-state index contributed by atoms with van der Waals surface area (Å²) in [7, 11) is 1.57. The Morgan fingerprint density at radius 3 is 2.94 bits per heavy atom. The van der Waals surface area contributed by atoms with Gasteiger partial charge in [0.15, 0.2) is 0 Å². The molecule has 2 rings (SSSR count). The average Bonchev–Trinajstić information content (AvgIpc) is 2.75. The number of aromatic nitrogens is 2. The summed E-state index contributed by atoms with van der Waals surface area (Å²) in [5.41, 5.74) is 0.649. The zero-order valence-electron chi connectivity index (χ0n) is 9.76. The van der Waals surface area contributed by atoms with Crippen LogP contribution < -0.4 is 10.1 Å². The lowest BCUT2D eigenvalue weighted by Gasteiger charge is -2.09. The molecule has 0 bridgehead atoms. The molecule has 0 aliphatic carbocycles. The van der Waals surface area contributed by atoms with E-state index in [1.54, 1.807) is 36.3 Å². The molecule has 0 aliphatic rings. The van der Waals surface area contributed by atoms with Gasteiger partial charge in [0.05, 0.1) is 23.5 Å². The van der Waals surface area contributed by atoms with Crippen LogP contribution in [0.15, 0.2) is 41.1 Å². The molecule has 0 aliphatic heterocycles.